The average molecular weight is 440 g/mol. The molecule has 4 fully saturated rings. The highest BCUT2D eigenvalue weighted by molar-refractivity contribution is 6.07. The van der Waals surface area contributed by atoms with Crippen molar-refractivity contribution < 1.29 is 19.2 Å². The van der Waals surface area contributed by atoms with E-state index in [0.29, 0.717) is 6.67 Å². The summed E-state index contributed by atoms with van der Waals surface area (Å²) in [5.74, 6) is -0.413. The number of hydrogen-bond acceptors (Lipinski definition) is 7. The van der Waals surface area contributed by atoms with Crippen molar-refractivity contribution >= 4 is 23.9 Å². The summed E-state index contributed by atoms with van der Waals surface area (Å²) < 4.78 is 0. The summed E-state index contributed by atoms with van der Waals surface area (Å²) in [6, 6.07) is -0.696. The Morgan fingerprint density at radius 1 is 0.774 bits per heavy atom. The Balaban J connectivity index is 0.000000190. The van der Waals surface area contributed by atoms with E-state index in [4.69, 9.17) is 0 Å². The molecule has 176 valence electrons. The van der Waals surface area contributed by atoms with Crippen LogP contribution in [-0.2, 0) is 9.59 Å². The summed E-state index contributed by atoms with van der Waals surface area (Å²) in [6.45, 7) is 13.2. The fraction of sp³-hybridized carbons (Fsp3) is 0.800. The molecule has 11 nitrogen and oxygen atoms in total. The number of amides is 6. The van der Waals surface area contributed by atoms with Gasteiger partial charge in [-0.2, -0.15) is 0 Å². The van der Waals surface area contributed by atoms with Gasteiger partial charge in [0.15, 0.2) is 0 Å². The van der Waals surface area contributed by atoms with E-state index < -0.39 is 17.1 Å². The maximum absolute atomic E-state index is 11.9. The Morgan fingerprint density at radius 3 is 1.68 bits per heavy atom. The number of carbonyl (C=O) groups is 4. The molecule has 0 unspecified atom stereocenters. The molecular weight excluding hydrogens is 402 g/mol. The van der Waals surface area contributed by atoms with E-state index in [1.807, 2.05) is 0 Å². The van der Waals surface area contributed by atoms with Crippen LogP contribution < -0.4 is 26.6 Å². The fourth-order valence-electron chi connectivity index (χ4n) is 3.43. The van der Waals surface area contributed by atoms with Crippen LogP contribution in [0.15, 0.2) is 0 Å². The first-order chi connectivity index (χ1) is 14.5. The van der Waals surface area contributed by atoms with Gasteiger partial charge in [0.25, 0.3) is 11.8 Å². The zero-order valence-corrected chi connectivity index (χ0v) is 19.1. The van der Waals surface area contributed by atoms with Crippen LogP contribution in [0.5, 0.6) is 0 Å². The van der Waals surface area contributed by atoms with Crippen LogP contribution in [0.25, 0.3) is 0 Å². The first-order valence-electron chi connectivity index (χ1n) is 10.9. The molecule has 4 saturated heterocycles. The van der Waals surface area contributed by atoms with Gasteiger partial charge in [-0.25, -0.2) is 14.5 Å². The second-order valence-electron chi connectivity index (χ2n) is 9.14. The Kier molecular flexibility index (Phi) is 8.78. The minimum atomic E-state index is -0.759. The van der Waals surface area contributed by atoms with Crippen molar-refractivity contribution in [1.82, 2.24) is 36.4 Å². The fourth-order valence-corrected chi connectivity index (χ4v) is 3.43. The summed E-state index contributed by atoms with van der Waals surface area (Å²) in [7, 11) is 0. The lowest BCUT2D eigenvalue weighted by molar-refractivity contribution is -0.131. The van der Waals surface area contributed by atoms with E-state index in [1.54, 1.807) is 27.7 Å². The smallest absolute Gasteiger partial charge is 0.324 e. The first kappa shape index (κ1) is 25.0. The van der Waals surface area contributed by atoms with Crippen molar-refractivity contribution in [1.29, 1.82) is 0 Å². The second kappa shape index (κ2) is 10.9. The van der Waals surface area contributed by atoms with Crippen molar-refractivity contribution in [2.75, 3.05) is 45.9 Å². The molecule has 4 aliphatic heterocycles. The Morgan fingerprint density at radius 2 is 1.35 bits per heavy atom. The Hall–Kier alpha value is -2.24. The standard InChI is InChI=1S/C10H18N4O2.C5H8N2O2.C5H11N/c1-10(2)8(15)14(9(16)12-10)7-13-5-3-11-4-6-13;1-5(2)3(8)6-4(9)7-5;1-2-4-6-5-3-1/h11H,3-7H2,1-2H3,(H,12,16);1-2H3,(H2,6,7,8,9);6H,1-5H2. The predicted octanol–water partition coefficient (Wildman–Crippen LogP) is -0.456. The zero-order chi connectivity index (χ0) is 23.1. The van der Waals surface area contributed by atoms with E-state index >= 15 is 0 Å². The van der Waals surface area contributed by atoms with Gasteiger partial charge in [0, 0.05) is 26.2 Å². The van der Waals surface area contributed by atoms with Crippen molar-refractivity contribution in [2.24, 2.45) is 0 Å². The third kappa shape index (κ3) is 7.44. The summed E-state index contributed by atoms with van der Waals surface area (Å²) in [4.78, 5) is 48.1. The maximum atomic E-state index is 11.9. The molecule has 4 aliphatic rings. The van der Waals surface area contributed by atoms with Gasteiger partial charge >= 0.3 is 12.1 Å². The normalized spacial score (nSPS) is 24.8. The van der Waals surface area contributed by atoms with Crippen molar-refractivity contribution in [3.8, 4) is 0 Å². The van der Waals surface area contributed by atoms with Crippen molar-refractivity contribution in [3.05, 3.63) is 0 Å². The quantitative estimate of drug-likeness (QED) is 0.368. The average Bonchev–Trinajstić information content (AvgIpc) is 3.08. The zero-order valence-electron chi connectivity index (χ0n) is 19.1. The molecule has 0 saturated carbocycles. The number of carbonyl (C=O) groups excluding carboxylic acids is 4. The van der Waals surface area contributed by atoms with E-state index in [1.165, 1.54) is 37.3 Å². The van der Waals surface area contributed by atoms with Crippen LogP contribution in [0.2, 0.25) is 0 Å². The van der Waals surface area contributed by atoms with Crippen LogP contribution in [-0.4, -0.2) is 90.7 Å². The van der Waals surface area contributed by atoms with Crippen molar-refractivity contribution in [3.63, 3.8) is 0 Å². The largest absolute Gasteiger partial charge is 0.326 e. The van der Waals surface area contributed by atoms with Gasteiger partial charge in [0.2, 0.25) is 0 Å². The number of nitrogens with zero attached hydrogens (tertiary/aromatic N) is 2. The topological polar surface area (TPSA) is 135 Å². The van der Waals surface area contributed by atoms with E-state index in [0.717, 1.165) is 26.2 Å². The molecule has 0 aromatic rings. The third-order valence-corrected chi connectivity index (χ3v) is 5.42. The molecule has 31 heavy (non-hydrogen) atoms. The second-order valence-corrected chi connectivity index (χ2v) is 9.14. The molecule has 4 heterocycles. The number of hydrogen-bond donors (Lipinski definition) is 5. The minimum absolute atomic E-state index is 0.143. The number of urea groups is 2. The van der Waals surface area contributed by atoms with Crippen LogP contribution in [0.3, 0.4) is 0 Å². The maximum Gasteiger partial charge on any atom is 0.326 e. The molecule has 0 spiro atoms. The summed E-state index contributed by atoms with van der Waals surface area (Å²) >= 11 is 0. The summed E-state index contributed by atoms with van der Waals surface area (Å²) in [6.07, 6.45) is 4.22. The molecule has 0 aromatic carbocycles. The van der Waals surface area contributed by atoms with E-state index in [-0.39, 0.29) is 17.8 Å². The highest BCUT2D eigenvalue weighted by atomic mass is 16.2. The highest BCUT2D eigenvalue weighted by Crippen LogP contribution is 2.16. The molecule has 0 atom stereocenters. The van der Waals surface area contributed by atoms with Gasteiger partial charge in [-0.3, -0.25) is 19.8 Å². The molecule has 0 radical (unpaired) electrons. The lowest BCUT2D eigenvalue weighted by atomic mass is 10.1. The summed E-state index contributed by atoms with van der Waals surface area (Å²) in [5, 5.41) is 13.8. The molecule has 11 heteroatoms. The number of rotatable bonds is 2. The Labute approximate surface area is 184 Å². The lowest BCUT2D eigenvalue weighted by Gasteiger charge is -2.30. The van der Waals surface area contributed by atoms with Gasteiger partial charge in [-0.15, -0.1) is 0 Å². The van der Waals surface area contributed by atoms with Gasteiger partial charge in [-0.1, -0.05) is 6.42 Å². The van der Waals surface area contributed by atoms with Crippen molar-refractivity contribution in [2.45, 2.75) is 58.0 Å². The molecule has 0 aliphatic carbocycles. The van der Waals surface area contributed by atoms with Gasteiger partial charge in [0.05, 0.1) is 6.67 Å². The van der Waals surface area contributed by atoms with Crippen LogP contribution in [0.4, 0.5) is 9.59 Å². The lowest BCUT2D eigenvalue weighted by Crippen LogP contribution is -2.50. The molecule has 0 bridgehead atoms. The van der Waals surface area contributed by atoms with E-state index in [9.17, 15) is 19.2 Å². The highest BCUT2D eigenvalue weighted by Gasteiger charge is 2.44. The molecule has 0 aromatic heterocycles. The number of piperazine rings is 1. The summed E-state index contributed by atoms with van der Waals surface area (Å²) in [5.41, 5.74) is -1.48. The van der Waals surface area contributed by atoms with Gasteiger partial charge in [0.1, 0.15) is 11.1 Å². The molecule has 4 rings (SSSR count). The number of piperidine rings is 1. The monoisotopic (exact) mass is 439 g/mol. The number of nitrogens with one attached hydrogen (secondary N) is 5. The molecule has 6 amide bonds. The minimum Gasteiger partial charge on any atom is -0.324 e. The van der Waals surface area contributed by atoms with Gasteiger partial charge < -0.3 is 21.3 Å². The SMILES string of the molecule is C1CCNCC1.CC1(C)NC(=O)N(CN2CCNCC2)C1=O.CC1(C)NC(=O)NC1=O. The number of imide groups is 2. The molecule has 5 N–H and O–H groups in total. The first-order valence-corrected chi connectivity index (χ1v) is 10.9. The van der Waals surface area contributed by atoms with Gasteiger partial charge in [-0.05, 0) is 53.6 Å². The third-order valence-electron chi connectivity index (χ3n) is 5.42. The van der Waals surface area contributed by atoms with Crippen LogP contribution >= 0.6 is 0 Å². The predicted molar refractivity (Wildman–Crippen MR) is 116 cm³/mol. The van der Waals surface area contributed by atoms with Crippen LogP contribution in [0, 0.1) is 0 Å². The Bertz CT molecular complexity index is 659. The van der Waals surface area contributed by atoms with E-state index in [2.05, 4.69) is 31.5 Å². The van der Waals surface area contributed by atoms with Crippen LogP contribution in [0.1, 0.15) is 47.0 Å². The molecular formula is C20H37N7O4.